The van der Waals surface area contributed by atoms with E-state index in [4.69, 9.17) is 10.7 Å². The summed E-state index contributed by atoms with van der Waals surface area (Å²) < 4.78 is 2.15. The van der Waals surface area contributed by atoms with Gasteiger partial charge in [0.1, 0.15) is 16.9 Å². The molecule has 3 heterocycles. The highest BCUT2D eigenvalue weighted by molar-refractivity contribution is 7.15. The molecule has 0 radical (unpaired) electrons. The molecule has 3 aromatic rings. The highest BCUT2D eigenvalue weighted by Crippen LogP contribution is 2.38. The molecular formula is C18H19N5S. The molecule has 0 saturated carbocycles. The van der Waals surface area contributed by atoms with Crippen molar-refractivity contribution in [1.29, 1.82) is 0 Å². The van der Waals surface area contributed by atoms with Crippen molar-refractivity contribution in [2.45, 2.75) is 33.7 Å². The number of hydrogen-bond acceptors (Lipinski definition) is 5. The van der Waals surface area contributed by atoms with Gasteiger partial charge in [0.2, 0.25) is 0 Å². The van der Waals surface area contributed by atoms with E-state index in [-0.39, 0.29) is 6.04 Å². The van der Waals surface area contributed by atoms with Gasteiger partial charge in [-0.2, -0.15) is 0 Å². The van der Waals surface area contributed by atoms with Crippen LogP contribution in [0.5, 0.6) is 0 Å². The lowest BCUT2D eigenvalue weighted by Gasteiger charge is -2.09. The van der Waals surface area contributed by atoms with Crippen LogP contribution in [0, 0.1) is 20.8 Å². The van der Waals surface area contributed by atoms with Gasteiger partial charge in [-0.1, -0.05) is 12.1 Å². The monoisotopic (exact) mass is 337 g/mol. The van der Waals surface area contributed by atoms with Gasteiger partial charge in [-0.15, -0.1) is 21.5 Å². The van der Waals surface area contributed by atoms with Gasteiger partial charge in [-0.3, -0.25) is 9.56 Å². The number of anilines is 1. The van der Waals surface area contributed by atoms with Crippen molar-refractivity contribution in [2.75, 3.05) is 5.73 Å². The van der Waals surface area contributed by atoms with Gasteiger partial charge in [0.15, 0.2) is 5.82 Å². The molecule has 1 aliphatic rings. The number of nitrogen functional groups attached to an aromatic ring is 1. The second-order valence-electron chi connectivity index (χ2n) is 6.18. The van der Waals surface area contributed by atoms with Crippen molar-refractivity contribution in [3.63, 3.8) is 0 Å². The fraction of sp³-hybridized carbons (Fsp3) is 0.278. The Morgan fingerprint density at radius 1 is 1.08 bits per heavy atom. The topological polar surface area (TPSA) is 69.1 Å². The van der Waals surface area contributed by atoms with Crippen LogP contribution in [-0.2, 0) is 0 Å². The van der Waals surface area contributed by atoms with Crippen LogP contribution >= 0.6 is 11.3 Å². The van der Waals surface area contributed by atoms with Gasteiger partial charge in [-0.25, -0.2) is 0 Å². The number of rotatable bonds is 1. The standard InChI is InChI=1S/C18H19N5S/c1-9-11(3)24-18-15(9)16(13-5-7-14(19)8-6-13)20-10(2)17-22-21-12(4)23(17)18/h5-8,10H,19H2,1-4H3. The zero-order valence-corrected chi connectivity index (χ0v) is 15.0. The summed E-state index contributed by atoms with van der Waals surface area (Å²) in [5.41, 5.74) is 11.1. The molecule has 0 bridgehead atoms. The quantitative estimate of drug-likeness (QED) is 0.688. The SMILES string of the molecule is Cc1sc2c(c1C)C(c1ccc(N)cc1)=NC(C)c1nnc(C)n1-2. The minimum Gasteiger partial charge on any atom is -0.399 e. The molecule has 1 unspecified atom stereocenters. The molecule has 0 aliphatic carbocycles. The summed E-state index contributed by atoms with van der Waals surface area (Å²) in [6, 6.07) is 7.87. The molecule has 0 saturated heterocycles. The zero-order chi connectivity index (χ0) is 17.0. The van der Waals surface area contributed by atoms with Gasteiger partial charge in [0.05, 0.1) is 5.71 Å². The predicted octanol–water partition coefficient (Wildman–Crippen LogP) is 3.75. The lowest BCUT2D eigenvalue weighted by Crippen LogP contribution is -2.07. The van der Waals surface area contributed by atoms with Crippen LogP contribution in [0.1, 0.15) is 46.2 Å². The van der Waals surface area contributed by atoms with Gasteiger partial charge < -0.3 is 5.73 Å². The molecule has 2 N–H and O–H groups in total. The maximum Gasteiger partial charge on any atom is 0.162 e. The summed E-state index contributed by atoms with van der Waals surface area (Å²) in [6.07, 6.45) is 0. The Kier molecular flexibility index (Phi) is 3.31. The van der Waals surface area contributed by atoms with E-state index in [1.165, 1.54) is 16.0 Å². The molecule has 0 spiro atoms. The van der Waals surface area contributed by atoms with Crippen LogP contribution in [-0.4, -0.2) is 20.5 Å². The summed E-state index contributed by atoms with van der Waals surface area (Å²) >= 11 is 1.77. The van der Waals surface area contributed by atoms with E-state index in [1.54, 1.807) is 11.3 Å². The number of nitrogens with zero attached hydrogens (tertiary/aromatic N) is 4. The van der Waals surface area contributed by atoms with E-state index in [9.17, 15) is 0 Å². The third kappa shape index (κ3) is 2.10. The summed E-state index contributed by atoms with van der Waals surface area (Å²) in [6.45, 7) is 8.37. The molecule has 122 valence electrons. The second kappa shape index (κ2) is 5.27. The van der Waals surface area contributed by atoms with E-state index in [0.29, 0.717) is 0 Å². The minimum absolute atomic E-state index is 0.0574. The van der Waals surface area contributed by atoms with E-state index < -0.39 is 0 Å². The number of fused-ring (bicyclic) bond motifs is 3. The van der Waals surface area contributed by atoms with Crippen molar-refractivity contribution in [3.05, 3.63) is 57.5 Å². The number of thiophene rings is 1. The fourth-order valence-corrected chi connectivity index (χ4v) is 4.34. The molecule has 0 fully saturated rings. The Morgan fingerprint density at radius 2 is 1.79 bits per heavy atom. The molecule has 1 aromatic carbocycles. The maximum atomic E-state index is 5.86. The molecule has 1 aliphatic heterocycles. The van der Waals surface area contributed by atoms with E-state index in [0.717, 1.165) is 33.6 Å². The number of nitrogens with two attached hydrogens (primary N) is 1. The van der Waals surface area contributed by atoms with Crippen LogP contribution in [0.4, 0.5) is 5.69 Å². The lowest BCUT2D eigenvalue weighted by molar-refractivity contribution is 0.724. The third-order valence-corrected chi connectivity index (χ3v) is 5.73. The van der Waals surface area contributed by atoms with Crippen LogP contribution in [0.2, 0.25) is 0 Å². The number of aryl methyl sites for hydroxylation is 2. The van der Waals surface area contributed by atoms with Gasteiger partial charge in [0, 0.05) is 21.7 Å². The highest BCUT2D eigenvalue weighted by Gasteiger charge is 2.29. The van der Waals surface area contributed by atoms with Gasteiger partial charge in [-0.05, 0) is 45.4 Å². The molecule has 4 rings (SSSR count). The summed E-state index contributed by atoms with van der Waals surface area (Å²) in [5.74, 6) is 1.79. The Hall–Kier alpha value is -2.47. The van der Waals surface area contributed by atoms with Crippen molar-refractivity contribution >= 4 is 22.7 Å². The van der Waals surface area contributed by atoms with Gasteiger partial charge in [0.25, 0.3) is 0 Å². The predicted molar refractivity (Wildman–Crippen MR) is 98.4 cm³/mol. The first-order chi connectivity index (χ1) is 11.5. The number of aromatic nitrogens is 3. The Balaban J connectivity index is 2.04. The van der Waals surface area contributed by atoms with Crippen LogP contribution in [0.15, 0.2) is 29.3 Å². The van der Waals surface area contributed by atoms with Crippen molar-refractivity contribution in [2.24, 2.45) is 4.99 Å². The van der Waals surface area contributed by atoms with E-state index >= 15 is 0 Å². The Bertz CT molecular complexity index is 962. The molecule has 1 atom stereocenters. The molecule has 24 heavy (non-hydrogen) atoms. The first-order valence-corrected chi connectivity index (χ1v) is 8.75. The van der Waals surface area contributed by atoms with E-state index in [1.807, 2.05) is 31.2 Å². The summed E-state index contributed by atoms with van der Waals surface area (Å²) in [4.78, 5) is 6.29. The third-order valence-electron chi connectivity index (χ3n) is 4.54. The van der Waals surface area contributed by atoms with Gasteiger partial charge >= 0.3 is 0 Å². The van der Waals surface area contributed by atoms with Crippen molar-refractivity contribution in [3.8, 4) is 5.00 Å². The normalized spacial score (nSPS) is 16.3. The number of hydrogen-bond donors (Lipinski definition) is 1. The lowest BCUT2D eigenvalue weighted by atomic mass is 9.99. The van der Waals surface area contributed by atoms with Crippen LogP contribution < -0.4 is 5.73 Å². The second-order valence-corrected chi connectivity index (χ2v) is 7.38. The molecular weight excluding hydrogens is 318 g/mol. The first kappa shape index (κ1) is 15.1. The highest BCUT2D eigenvalue weighted by atomic mass is 32.1. The fourth-order valence-electron chi connectivity index (χ4n) is 3.12. The molecule has 0 amide bonds. The average Bonchev–Trinajstić information content (AvgIpc) is 3.03. The number of aliphatic imine (C=N–C) groups is 1. The smallest absolute Gasteiger partial charge is 0.162 e. The summed E-state index contributed by atoms with van der Waals surface area (Å²) in [5, 5.41) is 9.80. The molecule has 2 aromatic heterocycles. The average molecular weight is 337 g/mol. The summed E-state index contributed by atoms with van der Waals surface area (Å²) in [7, 11) is 0. The minimum atomic E-state index is -0.0574. The Labute approximate surface area is 144 Å². The largest absolute Gasteiger partial charge is 0.399 e. The Morgan fingerprint density at radius 3 is 2.50 bits per heavy atom. The van der Waals surface area contributed by atoms with Crippen molar-refractivity contribution in [1.82, 2.24) is 14.8 Å². The van der Waals surface area contributed by atoms with Crippen LogP contribution in [0.25, 0.3) is 5.00 Å². The molecule has 6 heteroatoms. The zero-order valence-electron chi connectivity index (χ0n) is 14.2. The van der Waals surface area contributed by atoms with Crippen LogP contribution in [0.3, 0.4) is 0 Å². The number of benzene rings is 1. The maximum absolute atomic E-state index is 5.86. The van der Waals surface area contributed by atoms with E-state index in [2.05, 4.69) is 35.5 Å². The van der Waals surface area contributed by atoms with Crippen molar-refractivity contribution < 1.29 is 0 Å². The first-order valence-electron chi connectivity index (χ1n) is 7.93. The molecule has 5 nitrogen and oxygen atoms in total.